The Hall–Kier alpha value is -2.10. The van der Waals surface area contributed by atoms with E-state index in [9.17, 15) is 5.11 Å². The molecule has 0 amide bonds. The summed E-state index contributed by atoms with van der Waals surface area (Å²) in [4.78, 5) is 0. The molecule has 1 heterocycles. The molecule has 0 saturated heterocycles. The number of hydrogen-bond acceptors (Lipinski definition) is 4. The molecule has 4 nitrogen and oxygen atoms in total. The number of rotatable bonds is 3. The van der Waals surface area contributed by atoms with Gasteiger partial charge in [0, 0.05) is 11.1 Å². The molecule has 2 unspecified atom stereocenters. The normalized spacial score (nSPS) is 28.0. The number of aromatic hydroxyl groups is 1. The minimum absolute atomic E-state index is 0.239. The smallest absolute Gasteiger partial charge is 0.149 e. The zero-order valence-electron chi connectivity index (χ0n) is 19.8. The molecule has 4 heteroatoms. The lowest BCUT2D eigenvalue weighted by atomic mass is 9.76. The molecule has 3 N–H and O–H groups in total. The summed E-state index contributed by atoms with van der Waals surface area (Å²) in [5, 5.41) is 18.8. The number of para-hydroxylation sites is 1. The molecule has 32 heavy (non-hydrogen) atoms. The van der Waals surface area contributed by atoms with Crippen molar-refractivity contribution in [2.24, 2.45) is 17.8 Å². The van der Waals surface area contributed by atoms with E-state index >= 15 is 0 Å². The molecule has 2 saturated carbocycles. The molecule has 0 aliphatic heterocycles. The van der Waals surface area contributed by atoms with Crippen molar-refractivity contribution in [2.45, 2.75) is 96.3 Å². The second-order valence-electron chi connectivity index (χ2n) is 10.5. The van der Waals surface area contributed by atoms with Crippen molar-refractivity contribution < 1.29 is 5.11 Å². The Morgan fingerprint density at radius 1 is 0.781 bits per heavy atom. The molecular formula is C28H41N3O. The highest BCUT2D eigenvalue weighted by molar-refractivity contribution is 5.67. The van der Waals surface area contributed by atoms with Gasteiger partial charge in [0.05, 0.1) is 5.69 Å². The number of hydrogen-bond donors (Lipinski definition) is 2. The molecule has 2 aliphatic carbocycles. The van der Waals surface area contributed by atoms with Crippen LogP contribution in [0.15, 0.2) is 30.3 Å². The molecule has 1 aromatic heterocycles. The topological polar surface area (TPSA) is 72.0 Å². The van der Waals surface area contributed by atoms with Crippen LogP contribution in [0.2, 0.25) is 0 Å². The Labute approximate surface area is 194 Å². The van der Waals surface area contributed by atoms with Gasteiger partial charge in [-0.1, -0.05) is 89.7 Å². The van der Waals surface area contributed by atoms with Crippen LogP contribution < -0.4 is 5.73 Å². The van der Waals surface area contributed by atoms with Crippen LogP contribution in [0.3, 0.4) is 0 Å². The van der Waals surface area contributed by atoms with Crippen molar-refractivity contribution in [3.63, 3.8) is 0 Å². The summed E-state index contributed by atoms with van der Waals surface area (Å²) < 4.78 is 0. The molecule has 2 aromatic rings. The van der Waals surface area contributed by atoms with Crippen molar-refractivity contribution in [1.82, 2.24) is 10.2 Å². The summed E-state index contributed by atoms with van der Waals surface area (Å²) in [5.74, 6) is 4.01. The third-order valence-electron chi connectivity index (χ3n) is 8.19. The first-order chi connectivity index (χ1) is 15.6. The van der Waals surface area contributed by atoms with Crippen LogP contribution in [0.4, 0.5) is 5.82 Å². The van der Waals surface area contributed by atoms with Gasteiger partial charge in [-0.05, 0) is 54.7 Å². The maximum absolute atomic E-state index is 10.3. The van der Waals surface area contributed by atoms with E-state index in [-0.39, 0.29) is 5.75 Å². The number of aromatic nitrogens is 2. The van der Waals surface area contributed by atoms with E-state index in [4.69, 9.17) is 5.73 Å². The fraction of sp³-hybridized carbons (Fsp3) is 0.643. The SMILES string of the molecule is CC1CCCC(C2CCCCC(c3cc(-c4ccccc4O)nnc3N)CCC2)CCC1. The number of nitrogens with zero attached hydrogens (tertiary/aromatic N) is 2. The molecule has 0 spiro atoms. The standard InChI is InChI=1S/C28H41N3O/c1-20-9-6-13-22(14-7-10-20)21-11-2-3-12-23(16-8-15-21)25-19-26(30-31-28(25)29)24-17-4-5-18-27(24)32/h4-5,17-23,32H,2-3,6-16H2,1H3,(H2,29,31). The zero-order valence-corrected chi connectivity index (χ0v) is 19.8. The number of benzene rings is 1. The van der Waals surface area contributed by atoms with Crippen LogP contribution in [0.25, 0.3) is 11.3 Å². The van der Waals surface area contributed by atoms with Crippen molar-refractivity contribution in [2.75, 3.05) is 5.73 Å². The molecule has 0 radical (unpaired) electrons. The summed E-state index contributed by atoms with van der Waals surface area (Å²) >= 11 is 0. The lowest BCUT2D eigenvalue weighted by molar-refractivity contribution is 0.220. The number of anilines is 1. The average molecular weight is 436 g/mol. The Morgan fingerprint density at radius 3 is 2.09 bits per heavy atom. The summed E-state index contributed by atoms with van der Waals surface area (Å²) in [7, 11) is 0. The van der Waals surface area contributed by atoms with Gasteiger partial charge < -0.3 is 10.8 Å². The Morgan fingerprint density at radius 2 is 1.38 bits per heavy atom. The Balaban J connectivity index is 1.44. The van der Waals surface area contributed by atoms with E-state index in [0.717, 1.165) is 28.9 Å². The van der Waals surface area contributed by atoms with E-state index < -0.39 is 0 Å². The van der Waals surface area contributed by atoms with E-state index in [2.05, 4.69) is 23.2 Å². The zero-order chi connectivity index (χ0) is 22.3. The van der Waals surface area contributed by atoms with Crippen LogP contribution in [0, 0.1) is 17.8 Å². The summed E-state index contributed by atoms with van der Waals surface area (Å²) in [6, 6.07) is 9.41. The lowest BCUT2D eigenvalue weighted by Crippen LogP contribution is -2.18. The first-order valence-corrected chi connectivity index (χ1v) is 13.0. The molecular weight excluding hydrogens is 394 g/mol. The van der Waals surface area contributed by atoms with E-state index in [0.29, 0.717) is 17.4 Å². The minimum atomic E-state index is 0.239. The molecule has 2 atom stereocenters. The van der Waals surface area contributed by atoms with Gasteiger partial charge >= 0.3 is 0 Å². The maximum atomic E-state index is 10.3. The minimum Gasteiger partial charge on any atom is -0.507 e. The molecule has 4 rings (SSSR count). The highest BCUT2D eigenvalue weighted by atomic mass is 16.3. The number of nitrogen functional groups attached to an aromatic ring is 1. The quantitative estimate of drug-likeness (QED) is 0.524. The monoisotopic (exact) mass is 435 g/mol. The van der Waals surface area contributed by atoms with E-state index in [1.165, 1.54) is 83.5 Å². The highest BCUT2D eigenvalue weighted by Crippen LogP contribution is 2.40. The number of nitrogens with two attached hydrogens (primary N) is 1. The van der Waals surface area contributed by atoms with E-state index in [1.54, 1.807) is 6.07 Å². The first-order valence-electron chi connectivity index (χ1n) is 13.0. The Kier molecular flexibility index (Phi) is 8.05. The maximum Gasteiger partial charge on any atom is 0.149 e. The fourth-order valence-corrected chi connectivity index (χ4v) is 6.28. The number of phenolic OH excluding ortho intramolecular Hbond substituents is 1. The van der Waals surface area contributed by atoms with Gasteiger partial charge in [-0.25, -0.2) is 0 Å². The van der Waals surface area contributed by atoms with Gasteiger partial charge in [0.15, 0.2) is 0 Å². The third kappa shape index (κ3) is 5.82. The predicted molar refractivity (Wildman–Crippen MR) is 132 cm³/mol. The van der Waals surface area contributed by atoms with Crippen molar-refractivity contribution in [3.05, 3.63) is 35.9 Å². The van der Waals surface area contributed by atoms with Crippen LogP contribution >= 0.6 is 0 Å². The van der Waals surface area contributed by atoms with Crippen molar-refractivity contribution in [1.29, 1.82) is 0 Å². The van der Waals surface area contributed by atoms with Gasteiger partial charge in [-0.15, -0.1) is 10.2 Å². The van der Waals surface area contributed by atoms with Gasteiger partial charge in [-0.3, -0.25) is 0 Å². The van der Waals surface area contributed by atoms with Crippen molar-refractivity contribution >= 4 is 5.82 Å². The average Bonchev–Trinajstić information content (AvgIpc) is 2.89. The van der Waals surface area contributed by atoms with Crippen LogP contribution in [0.1, 0.15) is 102 Å². The summed E-state index contributed by atoms with van der Waals surface area (Å²) in [6.45, 7) is 2.44. The third-order valence-corrected chi connectivity index (χ3v) is 8.19. The first kappa shape index (κ1) is 23.1. The fourth-order valence-electron chi connectivity index (χ4n) is 6.28. The molecule has 2 fully saturated rings. The molecule has 1 aromatic carbocycles. The predicted octanol–water partition coefficient (Wildman–Crippen LogP) is 7.48. The second-order valence-corrected chi connectivity index (χ2v) is 10.5. The van der Waals surface area contributed by atoms with Crippen LogP contribution in [-0.2, 0) is 0 Å². The van der Waals surface area contributed by atoms with Gasteiger partial charge in [0.2, 0.25) is 0 Å². The largest absolute Gasteiger partial charge is 0.507 e. The molecule has 2 aliphatic rings. The Bertz CT molecular complexity index is 858. The van der Waals surface area contributed by atoms with Gasteiger partial charge in [-0.2, -0.15) is 0 Å². The van der Waals surface area contributed by atoms with Crippen LogP contribution in [0.5, 0.6) is 5.75 Å². The highest BCUT2D eigenvalue weighted by Gasteiger charge is 2.26. The summed E-state index contributed by atoms with van der Waals surface area (Å²) in [5.41, 5.74) is 8.88. The molecule has 0 bridgehead atoms. The summed E-state index contributed by atoms with van der Waals surface area (Å²) in [6.07, 6.45) is 17.6. The van der Waals surface area contributed by atoms with Crippen molar-refractivity contribution in [3.8, 4) is 17.0 Å². The number of phenols is 1. The lowest BCUT2D eigenvalue weighted by Gasteiger charge is -2.30. The van der Waals surface area contributed by atoms with Crippen LogP contribution in [-0.4, -0.2) is 15.3 Å². The van der Waals surface area contributed by atoms with E-state index in [1.807, 2.05) is 18.2 Å². The van der Waals surface area contributed by atoms with Gasteiger partial charge in [0.25, 0.3) is 0 Å². The molecule has 174 valence electrons. The second kappa shape index (κ2) is 11.2. The van der Waals surface area contributed by atoms with Gasteiger partial charge in [0.1, 0.15) is 11.6 Å².